The number of methoxy groups -OCH3 is 1. The highest BCUT2D eigenvalue weighted by Gasteiger charge is 2.19. The molecule has 0 saturated heterocycles. The Bertz CT molecular complexity index is 669. The molecule has 2 atom stereocenters. The zero-order valence-corrected chi connectivity index (χ0v) is 14.0. The van der Waals surface area contributed by atoms with E-state index >= 15 is 0 Å². The number of benzene rings is 2. The lowest BCUT2D eigenvalue weighted by Gasteiger charge is -2.20. The van der Waals surface area contributed by atoms with Gasteiger partial charge in [0, 0.05) is 5.56 Å². The molecule has 23 heavy (non-hydrogen) atoms. The van der Waals surface area contributed by atoms with Crippen LogP contribution in [0.3, 0.4) is 0 Å². The highest BCUT2D eigenvalue weighted by atomic mass is 16.5. The van der Waals surface area contributed by atoms with Gasteiger partial charge in [-0.1, -0.05) is 30.3 Å². The lowest BCUT2D eigenvalue weighted by molar-refractivity contribution is -0.127. The Morgan fingerprint density at radius 1 is 1.09 bits per heavy atom. The molecule has 1 N–H and O–H groups in total. The summed E-state index contributed by atoms with van der Waals surface area (Å²) in [5.74, 6) is 1.29. The van der Waals surface area contributed by atoms with Crippen LogP contribution in [0.15, 0.2) is 48.5 Å². The number of nitrogens with one attached hydrogen (secondary N) is 1. The number of rotatable bonds is 6. The van der Waals surface area contributed by atoms with Crippen molar-refractivity contribution in [3.05, 3.63) is 59.7 Å². The summed E-state index contributed by atoms with van der Waals surface area (Å²) < 4.78 is 11.0. The second kappa shape index (κ2) is 7.68. The van der Waals surface area contributed by atoms with Gasteiger partial charge in [-0.3, -0.25) is 4.79 Å². The van der Waals surface area contributed by atoms with Gasteiger partial charge in [0.2, 0.25) is 0 Å². The molecule has 0 radical (unpaired) electrons. The van der Waals surface area contributed by atoms with Crippen LogP contribution in [0.1, 0.15) is 31.0 Å². The second-order valence-corrected chi connectivity index (χ2v) is 5.55. The fourth-order valence-electron chi connectivity index (χ4n) is 2.38. The summed E-state index contributed by atoms with van der Waals surface area (Å²) in [4.78, 5) is 12.3. The summed E-state index contributed by atoms with van der Waals surface area (Å²) in [5, 5.41) is 2.96. The highest BCUT2D eigenvalue weighted by molar-refractivity contribution is 5.81. The molecule has 2 aromatic rings. The van der Waals surface area contributed by atoms with Crippen molar-refractivity contribution in [2.75, 3.05) is 7.11 Å². The average molecular weight is 313 g/mol. The number of hydrogen-bond donors (Lipinski definition) is 1. The molecule has 2 rings (SSSR count). The Kier molecular flexibility index (Phi) is 5.63. The van der Waals surface area contributed by atoms with Gasteiger partial charge in [0.15, 0.2) is 6.10 Å². The zero-order valence-electron chi connectivity index (χ0n) is 14.0. The van der Waals surface area contributed by atoms with Gasteiger partial charge in [0.25, 0.3) is 5.91 Å². The van der Waals surface area contributed by atoms with Crippen molar-refractivity contribution >= 4 is 5.91 Å². The standard InChI is InChI=1S/C19H23NO3/c1-13-8-7-9-16(12-13)23-15(3)19(21)20-14(2)17-10-5-6-11-18(17)22-4/h5-12,14-15H,1-4H3,(H,20,21)/t14-,15-/m1/s1. The Morgan fingerprint density at radius 3 is 2.52 bits per heavy atom. The van der Waals surface area contributed by atoms with Gasteiger partial charge in [-0.25, -0.2) is 0 Å². The van der Waals surface area contributed by atoms with E-state index in [9.17, 15) is 4.79 Å². The Balaban J connectivity index is 2.00. The van der Waals surface area contributed by atoms with Gasteiger partial charge < -0.3 is 14.8 Å². The first kappa shape index (κ1) is 16.9. The van der Waals surface area contributed by atoms with Crippen LogP contribution in [0.5, 0.6) is 11.5 Å². The van der Waals surface area contributed by atoms with E-state index in [0.717, 1.165) is 16.9 Å². The van der Waals surface area contributed by atoms with Crippen LogP contribution in [0.25, 0.3) is 0 Å². The third-order valence-electron chi connectivity index (χ3n) is 3.64. The lowest BCUT2D eigenvalue weighted by Crippen LogP contribution is -2.37. The number of ether oxygens (including phenoxy) is 2. The lowest BCUT2D eigenvalue weighted by atomic mass is 10.1. The monoisotopic (exact) mass is 313 g/mol. The molecule has 0 fully saturated rings. The first-order valence-electron chi connectivity index (χ1n) is 7.68. The molecule has 0 aromatic heterocycles. The van der Waals surface area contributed by atoms with Gasteiger partial charge in [0.05, 0.1) is 13.2 Å². The van der Waals surface area contributed by atoms with E-state index in [2.05, 4.69) is 5.32 Å². The molecular weight excluding hydrogens is 290 g/mol. The maximum atomic E-state index is 12.3. The van der Waals surface area contributed by atoms with Crippen LogP contribution in [-0.2, 0) is 4.79 Å². The normalized spacial score (nSPS) is 13.0. The van der Waals surface area contributed by atoms with Crippen molar-refractivity contribution in [1.29, 1.82) is 0 Å². The molecule has 122 valence electrons. The quantitative estimate of drug-likeness (QED) is 0.885. The SMILES string of the molecule is COc1ccccc1[C@@H](C)NC(=O)[C@@H](C)Oc1cccc(C)c1. The van der Waals surface area contributed by atoms with Gasteiger partial charge >= 0.3 is 0 Å². The molecule has 0 heterocycles. The topological polar surface area (TPSA) is 47.6 Å². The molecule has 1 amide bonds. The molecule has 0 saturated carbocycles. The van der Waals surface area contributed by atoms with Crippen molar-refractivity contribution in [2.45, 2.75) is 32.9 Å². The van der Waals surface area contributed by atoms with E-state index in [1.165, 1.54) is 0 Å². The maximum absolute atomic E-state index is 12.3. The maximum Gasteiger partial charge on any atom is 0.261 e. The molecule has 0 spiro atoms. The molecule has 2 aromatic carbocycles. The van der Waals surface area contributed by atoms with Crippen molar-refractivity contribution in [3.8, 4) is 11.5 Å². The summed E-state index contributed by atoms with van der Waals surface area (Å²) >= 11 is 0. The minimum atomic E-state index is -0.575. The second-order valence-electron chi connectivity index (χ2n) is 5.55. The molecule has 0 aliphatic rings. The number of carbonyl (C=O) groups excluding carboxylic acids is 1. The molecule has 4 heteroatoms. The van der Waals surface area contributed by atoms with E-state index in [-0.39, 0.29) is 11.9 Å². The molecule has 0 unspecified atom stereocenters. The molecular formula is C19H23NO3. The Hall–Kier alpha value is -2.49. The van der Waals surface area contributed by atoms with E-state index in [1.807, 2.05) is 62.4 Å². The molecule has 0 aliphatic heterocycles. The Morgan fingerprint density at radius 2 is 1.83 bits per heavy atom. The first-order chi connectivity index (χ1) is 11.0. The van der Waals surface area contributed by atoms with E-state index in [4.69, 9.17) is 9.47 Å². The van der Waals surface area contributed by atoms with Crippen LogP contribution in [0.2, 0.25) is 0 Å². The Labute approximate surface area is 137 Å². The van der Waals surface area contributed by atoms with Gasteiger partial charge in [0.1, 0.15) is 11.5 Å². The van der Waals surface area contributed by atoms with Gasteiger partial charge in [-0.05, 0) is 44.5 Å². The molecule has 0 aliphatic carbocycles. The van der Waals surface area contributed by atoms with E-state index in [0.29, 0.717) is 5.75 Å². The summed E-state index contributed by atoms with van der Waals surface area (Å²) in [7, 11) is 1.62. The van der Waals surface area contributed by atoms with Crippen LogP contribution in [0, 0.1) is 6.92 Å². The summed E-state index contributed by atoms with van der Waals surface area (Å²) in [6, 6.07) is 15.1. The van der Waals surface area contributed by atoms with Gasteiger partial charge in [-0.2, -0.15) is 0 Å². The number of amides is 1. The molecule has 4 nitrogen and oxygen atoms in total. The fourth-order valence-corrected chi connectivity index (χ4v) is 2.38. The van der Waals surface area contributed by atoms with Crippen molar-refractivity contribution < 1.29 is 14.3 Å². The van der Waals surface area contributed by atoms with Crippen LogP contribution in [0.4, 0.5) is 0 Å². The van der Waals surface area contributed by atoms with Gasteiger partial charge in [-0.15, -0.1) is 0 Å². The van der Waals surface area contributed by atoms with E-state index < -0.39 is 6.10 Å². The predicted molar refractivity (Wildman–Crippen MR) is 90.8 cm³/mol. The zero-order chi connectivity index (χ0) is 16.8. The minimum Gasteiger partial charge on any atom is -0.496 e. The van der Waals surface area contributed by atoms with Crippen molar-refractivity contribution in [2.24, 2.45) is 0 Å². The highest BCUT2D eigenvalue weighted by Crippen LogP contribution is 2.24. The fraction of sp³-hybridized carbons (Fsp3) is 0.316. The number of carbonyl (C=O) groups is 1. The van der Waals surface area contributed by atoms with E-state index in [1.54, 1.807) is 14.0 Å². The summed E-state index contributed by atoms with van der Waals surface area (Å²) in [5.41, 5.74) is 2.03. The smallest absolute Gasteiger partial charge is 0.261 e. The van der Waals surface area contributed by atoms with Crippen LogP contribution >= 0.6 is 0 Å². The number of para-hydroxylation sites is 1. The average Bonchev–Trinajstić information content (AvgIpc) is 2.54. The summed E-state index contributed by atoms with van der Waals surface area (Å²) in [6.07, 6.45) is -0.575. The minimum absolute atomic E-state index is 0.162. The first-order valence-corrected chi connectivity index (χ1v) is 7.68. The third kappa shape index (κ3) is 4.49. The summed E-state index contributed by atoms with van der Waals surface area (Å²) in [6.45, 7) is 5.66. The van der Waals surface area contributed by atoms with Crippen molar-refractivity contribution in [1.82, 2.24) is 5.32 Å². The third-order valence-corrected chi connectivity index (χ3v) is 3.64. The molecule has 0 bridgehead atoms. The largest absolute Gasteiger partial charge is 0.496 e. The number of aryl methyl sites for hydroxylation is 1. The van der Waals surface area contributed by atoms with Crippen molar-refractivity contribution in [3.63, 3.8) is 0 Å². The predicted octanol–water partition coefficient (Wildman–Crippen LogP) is 3.65. The van der Waals surface area contributed by atoms with Crippen LogP contribution in [-0.4, -0.2) is 19.1 Å². The number of hydrogen-bond acceptors (Lipinski definition) is 3. The van der Waals surface area contributed by atoms with Crippen LogP contribution < -0.4 is 14.8 Å².